The van der Waals surface area contributed by atoms with Crippen molar-refractivity contribution >= 4 is 16.7 Å². The lowest BCUT2D eigenvalue weighted by Crippen LogP contribution is -2.51. The Morgan fingerprint density at radius 1 is 1.20 bits per heavy atom. The third-order valence-electron chi connectivity index (χ3n) is 4.80. The van der Waals surface area contributed by atoms with Crippen LogP contribution in [0.5, 0.6) is 0 Å². The van der Waals surface area contributed by atoms with Gasteiger partial charge in [0, 0.05) is 62.6 Å². The van der Waals surface area contributed by atoms with E-state index in [4.69, 9.17) is 4.98 Å². The third kappa shape index (κ3) is 3.19. The highest BCUT2D eigenvalue weighted by molar-refractivity contribution is 5.88. The molecular formula is C18H23N7. The minimum Gasteiger partial charge on any atom is -0.353 e. The molecule has 1 saturated heterocycles. The molecule has 1 unspecified atom stereocenters. The van der Waals surface area contributed by atoms with Gasteiger partial charge in [-0.3, -0.25) is 14.6 Å². The van der Waals surface area contributed by atoms with E-state index < -0.39 is 0 Å². The molecule has 1 fully saturated rings. The van der Waals surface area contributed by atoms with Gasteiger partial charge in [-0.1, -0.05) is 0 Å². The number of aryl methyl sites for hydroxylation is 2. The quantitative estimate of drug-likeness (QED) is 0.726. The molecule has 1 aliphatic heterocycles. The monoisotopic (exact) mass is 337 g/mol. The fraction of sp³-hybridized carbons (Fsp3) is 0.444. The van der Waals surface area contributed by atoms with E-state index >= 15 is 0 Å². The van der Waals surface area contributed by atoms with Crippen molar-refractivity contribution in [1.82, 2.24) is 29.6 Å². The first-order chi connectivity index (χ1) is 12.1. The number of hydrogen-bond donors (Lipinski definition) is 0. The Morgan fingerprint density at radius 2 is 2.08 bits per heavy atom. The lowest BCUT2D eigenvalue weighted by molar-refractivity contribution is 0.180. The Hall–Kier alpha value is -2.54. The van der Waals surface area contributed by atoms with Crippen LogP contribution in [0.3, 0.4) is 0 Å². The second-order valence-electron chi connectivity index (χ2n) is 6.78. The smallest absolute Gasteiger partial charge is 0.140 e. The highest BCUT2D eigenvalue weighted by atomic mass is 15.3. The zero-order valence-corrected chi connectivity index (χ0v) is 14.9. The van der Waals surface area contributed by atoms with Crippen molar-refractivity contribution in [3.63, 3.8) is 0 Å². The lowest BCUT2D eigenvalue weighted by Gasteiger charge is -2.40. The summed E-state index contributed by atoms with van der Waals surface area (Å²) >= 11 is 0. The van der Waals surface area contributed by atoms with E-state index in [2.05, 4.69) is 38.0 Å². The van der Waals surface area contributed by atoms with Crippen molar-refractivity contribution < 1.29 is 0 Å². The maximum absolute atomic E-state index is 4.73. The minimum atomic E-state index is 0.445. The molecule has 130 valence electrons. The number of pyridine rings is 1. The molecule has 0 aromatic carbocycles. The summed E-state index contributed by atoms with van der Waals surface area (Å²) in [5, 5.41) is 5.35. The summed E-state index contributed by atoms with van der Waals surface area (Å²) in [4.78, 5) is 18.3. The van der Waals surface area contributed by atoms with Crippen molar-refractivity contribution in [2.45, 2.75) is 26.4 Å². The van der Waals surface area contributed by atoms with Gasteiger partial charge in [0.2, 0.25) is 0 Å². The Balaban J connectivity index is 1.55. The zero-order chi connectivity index (χ0) is 17.4. The van der Waals surface area contributed by atoms with Gasteiger partial charge in [0.15, 0.2) is 0 Å². The fourth-order valence-electron chi connectivity index (χ4n) is 3.53. The summed E-state index contributed by atoms with van der Waals surface area (Å²) in [6.45, 7) is 8.08. The summed E-state index contributed by atoms with van der Waals surface area (Å²) in [5.41, 5.74) is 2.17. The number of fused-ring (bicyclic) bond motifs is 1. The SMILES string of the molecule is Cc1nc(N2CCN(Cc3cnn(C)c3)C(C)C2)c2ccncc2n1. The second-order valence-corrected chi connectivity index (χ2v) is 6.78. The van der Waals surface area contributed by atoms with E-state index in [1.165, 1.54) is 5.56 Å². The molecule has 0 bridgehead atoms. The molecule has 0 amide bonds. The number of nitrogens with zero attached hydrogens (tertiary/aromatic N) is 7. The lowest BCUT2D eigenvalue weighted by atomic mass is 10.1. The molecule has 25 heavy (non-hydrogen) atoms. The van der Waals surface area contributed by atoms with Crippen LogP contribution in [0.25, 0.3) is 10.9 Å². The molecule has 0 aliphatic carbocycles. The van der Waals surface area contributed by atoms with Crippen molar-refractivity contribution in [2.24, 2.45) is 7.05 Å². The summed E-state index contributed by atoms with van der Waals surface area (Å²) in [6, 6.07) is 2.46. The number of rotatable bonds is 3. The highest BCUT2D eigenvalue weighted by Crippen LogP contribution is 2.26. The van der Waals surface area contributed by atoms with Gasteiger partial charge in [0.25, 0.3) is 0 Å². The van der Waals surface area contributed by atoms with Crippen LogP contribution in [-0.2, 0) is 13.6 Å². The average molecular weight is 337 g/mol. The predicted octanol–water partition coefficient (Wildman–Crippen LogP) is 1.78. The number of anilines is 1. The summed E-state index contributed by atoms with van der Waals surface area (Å²) in [7, 11) is 1.96. The first kappa shape index (κ1) is 16.0. The highest BCUT2D eigenvalue weighted by Gasteiger charge is 2.26. The van der Waals surface area contributed by atoms with E-state index in [1.54, 1.807) is 0 Å². The Morgan fingerprint density at radius 3 is 2.84 bits per heavy atom. The first-order valence-corrected chi connectivity index (χ1v) is 8.65. The van der Waals surface area contributed by atoms with Crippen LogP contribution in [0.4, 0.5) is 5.82 Å². The van der Waals surface area contributed by atoms with E-state index in [0.29, 0.717) is 6.04 Å². The number of piperazine rings is 1. The third-order valence-corrected chi connectivity index (χ3v) is 4.80. The van der Waals surface area contributed by atoms with Crippen LogP contribution in [0, 0.1) is 6.92 Å². The van der Waals surface area contributed by atoms with Gasteiger partial charge in [0.1, 0.15) is 11.6 Å². The molecule has 3 aromatic rings. The van der Waals surface area contributed by atoms with Gasteiger partial charge < -0.3 is 4.90 Å². The van der Waals surface area contributed by atoms with E-state index in [-0.39, 0.29) is 0 Å². The summed E-state index contributed by atoms with van der Waals surface area (Å²) in [6.07, 6.45) is 7.67. The van der Waals surface area contributed by atoms with Gasteiger partial charge in [-0.2, -0.15) is 5.10 Å². The molecule has 0 spiro atoms. The average Bonchev–Trinajstić information content (AvgIpc) is 3.01. The molecule has 4 heterocycles. The Bertz CT molecular complexity index is 888. The minimum absolute atomic E-state index is 0.445. The molecule has 3 aromatic heterocycles. The molecule has 0 N–H and O–H groups in total. The van der Waals surface area contributed by atoms with Crippen LogP contribution >= 0.6 is 0 Å². The van der Waals surface area contributed by atoms with Gasteiger partial charge in [0.05, 0.1) is 17.9 Å². The summed E-state index contributed by atoms with van der Waals surface area (Å²) < 4.78 is 1.86. The zero-order valence-electron chi connectivity index (χ0n) is 14.9. The number of hydrogen-bond acceptors (Lipinski definition) is 6. The Kier molecular flexibility index (Phi) is 4.09. The molecule has 0 radical (unpaired) electrons. The maximum Gasteiger partial charge on any atom is 0.140 e. The summed E-state index contributed by atoms with van der Waals surface area (Å²) in [5.74, 6) is 1.82. The van der Waals surface area contributed by atoms with Crippen molar-refractivity contribution in [1.29, 1.82) is 0 Å². The van der Waals surface area contributed by atoms with Crippen LogP contribution in [0.2, 0.25) is 0 Å². The van der Waals surface area contributed by atoms with E-state index in [9.17, 15) is 0 Å². The predicted molar refractivity (Wildman–Crippen MR) is 97.4 cm³/mol. The topological polar surface area (TPSA) is 63.0 Å². The standard InChI is InChI=1S/C18H23N7/c1-13-10-25(7-6-24(13)12-15-8-20-23(3)11-15)18-16-4-5-19-9-17(16)21-14(2)22-18/h4-5,8-9,11,13H,6-7,10,12H2,1-3H3. The van der Waals surface area contributed by atoms with Crippen molar-refractivity contribution in [2.75, 3.05) is 24.5 Å². The van der Waals surface area contributed by atoms with E-state index in [1.807, 2.05) is 43.3 Å². The molecule has 1 aliphatic rings. The van der Waals surface area contributed by atoms with Crippen molar-refractivity contribution in [3.8, 4) is 0 Å². The molecule has 1 atom stereocenters. The van der Waals surface area contributed by atoms with Crippen LogP contribution < -0.4 is 4.90 Å². The molecule has 7 heteroatoms. The van der Waals surface area contributed by atoms with Crippen LogP contribution in [0.15, 0.2) is 30.9 Å². The molecule has 7 nitrogen and oxygen atoms in total. The van der Waals surface area contributed by atoms with Gasteiger partial charge in [-0.25, -0.2) is 9.97 Å². The van der Waals surface area contributed by atoms with Crippen LogP contribution in [-0.4, -0.2) is 55.3 Å². The maximum atomic E-state index is 4.73. The molecular weight excluding hydrogens is 314 g/mol. The van der Waals surface area contributed by atoms with E-state index in [0.717, 1.165) is 48.7 Å². The first-order valence-electron chi connectivity index (χ1n) is 8.65. The molecule has 4 rings (SSSR count). The van der Waals surface area contributed by atoms with Crippen molar-refractivity contribution in [3.05, 3.63) is 42.2 Å². The fourth-order valence-corrected chi connectivity index (χ4v) is 3.53. The van der Waals surface area contributed by atoms with Gasteiger partial charge in [-0.05, 0) is 19.9 Å². The Labute approximate surface area is 147 Å². The second kappa shape index (κ2) is 6.40. The largest absolute Gasteiger partial charge is 0.353 e. The van der Waals surface area contributed by atoms with Crippen LogP contribution in [0.1, 0.15) is 18.3 Å². The van der Waals surface area contributed by atoms with Gasteiger partial charge in [-0.15, -0.1) is 0 Å². The normalized spacial score (nSPS) is 18.8. The number of aromatic nitrogens is 5. The van der Waals surface area contributed by atoms with Gasteiger partial charge >= 0.3 is 0 Å². The molecule has 0 saturated carbocycles.